The minimum absolute atomic E-state index is 0.00455. The summed E-state index contributed by atoms with van der Waals surface area (Å²) in [4.78, 5) is 25.7. The van der Waals surface area contributed by atoms with Gasteiger partial charge in [-0.3, -0.25) is 4.98 Å². The largest absolute Gasteiger partial charge is 0.463 e. The minimum Gasteiger partial charge on any atom is -0.463 e. The molecule has 0 spiro atoms. The molecule has 3 aromatic rings. The fraction of sp³-hybridized carbons (Fsp3) is 0.273. The van der Waals surface area contributed by atoms with Crippen LogP contribution in [0.1, 0.15) is 31.4 Å². The first-order valence-electron chi connectivity index (χ1n) is 9.78. The van der Waals surface area contributed by atoms with Crippen LogP contribution in [0.15, 0.2) is 41.7 Å². The molecule has 0 saturated carbocycles. The van der Waals surface area contributed by atoms with E-state index in [0.29, 0.717) is 0 Å². The molecule has 0 bridgehead atoms. The average Bonchev–Trinajstić information content (AvgIpc) is 3.16. The maximum atomic E-state index is 14.8. The highest BCUT2D eigenvalue weighted by atomic mass is 35.5. The van der Waals surface area contributed by atoms with Crippen molar-refractivity contribution < 1.29 is 31.9 Å². The highest BCUT2D eigenvalue weighted by Crippen LogP contribution is 2.35. The second kappa shape index (κ2) is 8.26. The lowest BCUT2D eigenvalue weighted by atomic mass is 9.94. The van der Waals surface area contributed by atoms with Gasteiger partial charge in [-0.15, -0.1) is 0 Å². The van der Waals surface area contributed by atoms with Crippen LogP contribution >= 0.6 is 11.6 Å². The van der Waals surface area contributed by atoms with Gasteiger partial charge in [-0.1, -0.05) is 16.8 Å². The number of rotatable bonds is 4. The van der Waals surface area contributed by atoms with Crippen molar-refractivity contribution in [1.29, 1.82) is 0 Å². The number of ether oxygens (including phenoxy) is 1. The van der Waals surface area contributed by atoms with Gasteiger partial charge in [-0.05, 0) is 44.2 Å². The molecular formula is C22H16ClF4N3O3. The number of hydrogen-bond donors (Lipinski definition) is 0. The van der Waals surface area contributed by atoms with E-state index in [1.54, 1.807) is 6.92 Å². The van der Waals surface area contributed by atoms with Gasteiger partial charge < -0.3 is 9.57 Å². The van der Waals surface area contributed by atoms with Crippen LogP contribution in [-0.4, -0.2) is 33.9 Å². The third-order valence-electron chi connectivity index (χ3n) is 5.08. The van der Waals surface area contributed by atoms with Crippen LogP contribution in [0.25, 0.3) is 22.3 Å². The zero-order valence-electron chi connectivity index (χ0n) is 17.3. The van der Waals surface area contributed by atoms with Crippen molar-refractivity contribution in [3.63, 3.8) is 0 Å². The molecule has 0 radical (unpaired) electrons. The molecule has 11 heteroatoms. The van der Waals surface area contributed by atoms with Crippen LogP contribution in [0.2, 0.25) is 5.02 Å². The molecule has 1 aliphatic rings. The van der Waals surface area contributed by atoms with Gasteiger partial charge in [-0.2, -0.15) is 13.2 Å². The van der Waals surface area contributed by atoms with Gasteiger partial charge in [0.15, 0.2) is 0 Å². The molecule has 2 heterocycles. The first kappa shape index (κ1) is 22.9. The Balaban J connectivity index is 1.74. The topological polar surface area (TPSA) is 73.7 Å². The van der Waals surface area contributed by atoms with Crippen molar-refractivity contribution >= 4 is 34.3 Å². The van der Waals surface area contributed by atoms with Crippen LogP contribution in [-0.2, 0) is 20.5 Å². The molecule has 1 unspecified atom stereocenters. The van der Waals surface area contributed by atoms with Gasteiger partial charge in [0, 0.05) is 17.5 Å². The number of esters is 1. The molecule has 0 fully saturated rings. The summed E-state index contributed by atoms with van der Waals surface area (Å²) in [6, 6.07) is 5.32. The van der Waals surface area contributed by atoms with Crippen molar-refractivity contribution in [2.75, 3.05) is 6.61 Å². The Morgan fingerprint density at radius 2 is 1.97 bits per heavy atom. The number of alkyl halides is 3. The molecule has 33 heavy (non-hydrogen) atoms. The predicted octanol–water partition coefficient (Wildman–Crippen LogP) is 5.55. The highest BCUT2D eigenvalue weighted by molar-refractivity contribution is 6.34. The van der Waals surface area contributed by atoms with E-state index in [1.807, 2.05) is 0 Å². The molecule has 1 aromatic heterocycles. The highest BCUT2D eigenvalue weighted by Gasteiger charge is 2.44. The molecular weight excluding hydrogens is 466 g/mol. The Hall–Kier alpha value is -3.27. The van der Waals surface area contributed by atoms with Gasteiger partial charge in [0.25, 0.3) is 0 Å². The van der Waals surface area contributed by atoms with E-state index >= 15 is 0 Å². The lowest BCUT2D eigenvalue weighted by molar-refractivity contribution is -0.166. The summed E-state index contributed by atoms with van der Waals surface area (Å²) in [5, 5.41) is 3.94. The van der Waals surface area contributed by atoms with Gasteiger partial charge in [0.2, 0.25) is 5.60 Å². The van der Waals surface area contributed by atoms with Crippen molar-refractivity contribution in [3.8, 4) is 11.3 Å². The van der Waals surface area contributed by atoms with Crippen molar-refractivity contribution in [1.82, 2.24) is 9.97 Å². The Morgan fingerprint density at radius 3 is 2.67 bits per heavy atom. The summed E-state index contributed by atoms with van der Waals surface area (Å²) in [6.45, 7) is 3.32. The van der Waals surface area contributed by atoms with Gasteiger partial charge in [0.1, 0.15) is 5.82 Å². The number of benzene rings is 2. The van der Waals surface area contributed by atoms with Gasteiger partial charge in [0.05, 0.1) is 45.8 Å². The van der Waals surface area contributed by atoms with Crippen LogP contribution in [0, 0.1) is 5.82 Å². The lowest BCUT2D eigenvalue weighted by Gasteiger charge is -2.18. The van der Waals surface area contributed by atoms with Crippen LogP contribution in [0.3, 0.4) is 0 Å². The molecule has 0 saturated heterocycles. The number of nitrogens with zero attached hydrogens (tertiary/aromatic N) is 3. The van der Waals surface area contributed by atoms with E-state index in [9.17, 15) is 22.4 Å². The van der Waals surface area contributed by atoms with Crippen molar-refractivity contribution in [2.45, 2.75) is 32.0 Å². The SMILES string of the molecule is CCOC(=O)C1(C)CC(c2cc(-c3cnc4ccc(C(F)(F)F)cc4n3)c(F)cc2Cl)=NO1. The average molecular weight is 482 g/mol. The quantitative estimate of drug-likeness (QED) is 0.360. The zero-order chi connectivity index (χ0) is 24.0. The summed E-state index contributed by atoms with van der Waals surface area (Å²) < 4.78 is 59.0. The van der Waals surface area contributed by atoms with E-state index in [2.05, 4.69) is 15.1 Å². The first-order chi connectivity index (χ1) is 15.5. The first-order valence-corrected chi connectivity index (χ1v) is 10.2. The number of carbonyl (C=O) groups excluding carboxylic acids is 1. The normalized spacial score (nSPS) is 18.2. The fourth-order valence-corrected chi connectivity index (χ4v) is 3.62. The molecule has 1 aliphatic heterocycles. The summed E-state index contributed by atoms with van der Waals surface area (Å²) in [7, 11) is 0. The molecule has 0 aliphatic carbocycles. The predicted molar refractivity (Wildman–Crippen MR) is 112 cm³/mol. The Kier molecular flexibility index (Phi) is 5.73. The lowest BCUT2D eigenvalue weighted by Crippen LogP contribution is -2.37. The number of oxime groups is 1. The number of aromatic nitrogens is 2. The molecule has 6 nitrogen and oxygen atoms in total. The monoisotopic (exact) mass is 481 g/mol. The molecule has 1 atom stereocenters. The van der Waals surface area contributed by atoms with E-state index in [1.165, 1.54) is 25.3 Å². The van der Waals surface area contributed by atoms with Crippen molar-refractivity contribution in [3.05, 3.63) is 58.5 Å². The molecule has 172 valence electrons. The van der Waals surface area contributed by atoms with E-state index in [0.717, 1.165) is 18.2 Å². The van der Waals surface area contributed by atoms with E-state index < -0.39 is 29.1 Å². The maximum Gasteiger partial charge on any atom is 0.416 e. The third-order valence-corrected chi connectivity index (χ3v) is 5.40. The standard InChI is InChI=1S/C22H16ClF4N3O3/c1-3-32-20(31)21(2)9-18(30-33-21)12-7-13(15(24)8-14(12)23)19-10-28-16-5-4-11(22(25,26)27)6-17(16)29-19/h4-8,10H,3,9H2,1-2H3. The second-order valence-electron chi connectivity index (χ2n) is 7.53. The molecule has 0 amide bonds. The second-order valence-corrected chi connectivity index (χ2v) is 7.93. The molecule has 2 aromatic carbocycles. The Bertz CT molecular complexity index is 1300. The summed E-state index contributed by atoms with van der Waals surface area (Å²) in [5.74, 6) is -1.36. The van der Waals surface area contributed by atoms with E-state index in [-0.39, 0.29) is 51.6 Å². The van der Waals surface area contributed by atoms with Crippen LogP contribution < -0.4 is 0 Å². The number of fused-ring (bicyclic) bond motifs is 1. The van der Waals surface area contributed by atoms with Crippen molar-refractivity contribution in [2.24, 2.45) is 5.16 Å². The number of hydrogen-bond acceptors (Lipinski definition) is 6. The summed E-state index contributed by atoms with van der Waals surface area (Å²) >= 11 is 6.22. The Labute approximate surface area is 190 Å². The molecule has 0 N–H and O–H groups in total. The smallest absolute Gasteiger partial charge is 0.416 e. The Morgan fingerprint density at radius 1 is 1.21 bits per heavy atom. The number of carbonyl (C=O) groups is 1. The molecule has 4 rings (SSSR count). The summed E-state index contributed by atoms with van der Waals surface area (Å²) in [6.07, 6.45) is -3.28. The number of halogens is 5. The van der Waals surface area contributed by atoms with Crippen LogP contribution in [0.5, 0.6) is 0 Å². The van der Waals surface area contributed by atoms with Gasteiger partial charge in [-0.25, -0.2) is 14.2 Å². The minimum atomic E-state index is -4.56. The van der Waals surface area contributed by atoms with Crippen LogP contribution in [0.4, 0.5) is 17.6 Å². The van der Waals surface area contributed by atoms with Gasteiger partial charge >= 0.3 is 12.1 Å². The third kappa shape index (κ3) is 4.35. The van der Waals surface area contributed by atoms with E-state index in [4.69, 9.17) is 21.2 Å². The fourth-order valence-electron chi connectivity index (χ4n) is 3.36. The zero-order valence-corrected chi connectivity index (χ0v) is 18.1. The maximum absolute atomic E-state index is 14.8. The summed E-state index contributed by atoms with van der Waals surface area (Å²) in [5.41, 5.74) is -1.56.